The van der Waals surface area contributed by atoms with Crippen molar-refractivity contribution in [1.29, 1.82) is 0 Å². The number of piperazine rings is 1. The van der Waals surface area contributed by atoms with Crippen molar-refractivity contribution in [2.45, 2.75) is 33.4 Å². The van der Waals surface area contributed by atoms with Gasteiger partial charge in [0.1, 0.15) is 17.9 Å². The number of hydrogen-bond acceptors (Lipinski definition) is 4. The van der Waals surface area contributed by atoms with E-state index in [9.17, 15) is 0 Å². The molecule has 1 aliphatic heterocycles. The molecule has 28 heavy (non-hydrogen) atoms. The van der Waals surface area contributed by atoms with Crippen LogP contribution in [-0.2, 0) is 6.54 Å². The van der Waals surface area contributed by atoms with Crippen LogP contribution >= 0.6 is 24.0 Å². The van der Waals surface area contributed by atoms with Crippen molar-refractivity contribution < 1.29 is 4.42 Å². The maximum absolute atomic E-state index is 5.98. The second kappa shape index (κ2) is 11.0. The molecule has 1 aromatic carbocycles. The summed E-state index contributed by atoms with van der Waals surface area (Å²) in [6.07, 6.45) is 0. The van der Waals surface area contributed by atoms with Gasteiger partial charge in [-0.3, -0.25) is 4.90 Å². The van der Waals surface area contributed by atoms with Crippen molar-refractivity contribution in [2.75, 3.05) is 46.3 Å². The zero-order valence-electron chi connectivity index (χ0n) is 17.5. The zero-order valence-corrected chi connectivity index (χ0v) is 19.8. The summed E-state index contributed by atoms with van der Waals surface area (Å²) in [5.74, 6) is 1.78. The van der Waals surface area contributed by atoms with Gasteiger partial charge in [0.05, 0.1) is 0 Å². The molecular formula is C21H34IN5O. The SMILES string of the molecule is CCNC(=NCc1oc2ccccc2c1C)NCC(C)N1CCN(C)CC1.I. The third kappa shape index (κ3) is 5.84. The fraction of sp³-hybridized carbons (Fsp3) is 0.571. The van der Waals surface area contributed by atoms with Gasteiger partial charge in [-0.25, -0.2) is 4.99 Å². The first kappa shape index (κ1) is 23.0. The number of halogens is 1. The lowest BCUT2D eigenvalue weighted by molar-refractivity contribution is 0.120. The Morgan fingerprint density at radius 1 is 1.18 bits per heavy atom. The molecule has 0 spiro atoms. The van der Waals surface area contributed by atoms with Gasteiger partial charge in [-0.15, -0.1) is 24.0 Å². The molecule has 1 aromatic heterocycles. The van der Waals surface area contributed by atoms with Gasteiger partial charge in [0.25, 0.3) is 0 Å². The van der Waals surface area contributed by atoms with E-state index in [1.54, 1.807) is 0 Å². The second-order valence-electron chi connectivity index (χ2n) is 7.41. The van der Waals surface area contributed by atoms with Gasteiger partial charge in [-0.1, -0.05) is 18.2 Å². The van der Waals surface area contributed by atoms with Crippen molar-refractivity contribution in [2.24, 2.45) is 4.99 Å². The maximum Gasteiger partial charge on any atom is 0.191 e. The Morgan fingerprint density at radius 2 is 1.89 bits per heavy atom. The normalized spacial score (nSPS) is 17.4. The van der Waals surface area contributed by atoms with Gasteiger partial charge >= 0.3 is 0 Å². The van der Waals surface area contributed by atoms with E-state index in [-0.39, 0.29) is 24.0 Å². The number of nitrogens with zero attached hydrogens (tertiary/aromatic N) is 3. The van der Waals surface area contributed by atoms with E-state index >= 15 is 0 Å². The van der Waals surface area contributed by atoms with E-state index < -0.39 is 0 Å². The van der Waals surface area contributed by atoms with Crippen LogP contribution in [0.15, 0.2) is 33.7 Å². The van der Waals surface area contributed by atoms with Crippen LogP contribution in [0, 0.1) is 6.92 Å². The number of rotatable bonds is 6. The molecule has 1 unspecified atom stereocenters. The summed E-state index contributed by atoms with van der Waals surface area (Å²) in [7, 11) is 2.19. The predicted molar refractivity (Wildman–Crippen MR) is 128 cm³/mol. The summed E-state index contributed by atoms with van der Waals surface area (Å²) < 4.78 is 5.98. The first-order valence-corrected chi connectivity index (χ1v) is 10.00. The second-order valence-corrected chi connectivity index (χ2v) is 7.41. The third-order valence-electron chi connectivity index (χ3n) is 5.39. The summed E-state index contributed by atoms with van der Waals surface area (Å²) in [6.45, 7) is 13.3. The predicted octanol–water partition coefficient (Wildman–Crippen LogP) is 3.05. The van der Waals surface area contributed by atoms with Crippen LogP contribution in [0.5, 0.6) is 0 Å². The maximum atomic E-state index is 5.98. The quantitative estimate of drug-likeness (QED) is 0.364. The minimum atomic E-state index is 0. The molecule has 7 heteroatoms. The standard InChI is InChI=1S/C21H33N5O.HI/c1-5-22-21(23-14-16(2)26-12-10-25(4)11-13-26)24-15-20-17(3)18-8-6-7-9-19(18)27-20;/h6-9,16H,5,10-15H2,1-4H3,(H2,22,23,24);1H. The molecule has 3 rings (SSSR count). The molecule has 1 fully saturated rings. The van der Waals surface area contributed by atoms with E-state index in [0.717, 1.165) is 56.6 Å². The highest BCUT2D eigenvalue weighted by Gasteiger charge is 2.19. The first-order chi connectivity index (χ1) is 13.1. The molecule has 156 valence electrons. The van der Waals surface area contributed by atoms with Crippen LogP contribution in [0.25, 0.3) is 11.0 Å². The number of aliphatic imine (C=N–C) groups is 1. The molecule has 0 aliphatic carbocycles. The lowest BCUT2D eigenvalue weighted by Gasteiger charge is -2.36. The lowest BCUT2D eigenvalue weighted by atomic mass is 10.1. The van der Waals surface area contributed by atoms with Crippen molar-refractivity contribution in [3.8, 4) is 0 Å². The molecule has 0 saturated carbocycles. The number of guanidine groups is 1. The Morgan fingerprint density at radius 3 is 2.57 bits per heavy atom. The number of nitrogens with one attached hydrogen (secondary N) is 2. The number of likely N-dealkylation sites (N-methyl/N-ethyl adjacent to an activating group) is 1. The van der Waals surface area contributed by atoms with Gasteiger partial charge in [-0.2, -0.15) is 0 Å². The number of fused-ring (bicyclic) bond motifs is 1. The molecule has 6 nitrogen and oxygen atoms in total. The Labute approximate surface area is 185 Å². The minimum absolute atomic E-state index is 0. The van der Waals surface area contributed by atoms with Crippen molar-refractivity contribution in [3.05, 3.63) is 35.6 Å². The molecule has 2 N–H and O–H groups in total. The van der Waals surface area contributed by atoms with E-state index in [4.69, 9.17) is 9.41 Å². The van der Waals surface area contributed by atoms with Crippen LogP contribution in [0.3, 0.4) is 0 Å². The average Bonchev–Trinajstić information content (AvgIpc) is 3.00. The molecule has 2 aromatic rings. The van der Waals surface area contributed by atoms with E-state index in [2.05, 4.69) is 54.3 Å². The Kier molecular flexibility index (Phi) is 9.04. The van der Waals surface area contributed by atoms with Gasteiger partial charge in [-0.05, 0) is 33.9 Å². The minimum Gasteiger partial charge on any atom is -0.459 e. The van der Waals surface area contributed by atoms with Crippen molar-refractivity contribution in [1.82, 2.24) is 20.4 Å². The van der Waals surface area contributed by atoms with Gasteiger partial charge in [0.2, 0.25) is 0 Å². The van der Waals surface area contributed by atoms with E-state index in [1.165, 1.54) is 10.9 Å². The average molecular weight is 499 g/mol. The number of hydrogen-bond donors (Lipinski definition) is 2. The summed E-state index contributed by atoms with van der Waals surface area (Å²) in [5.41, 5.74) is 2.11. The highest BCUT2D eigenvalue weighted by molar-refractivity contribution is 14.0. The smallest absolute Gasteiger partial charge is 0.191 e. The summed E-state index contributed by atoms with van der Waals surface area (Å²) in [4.78, 5) is 9.67. The van der Waals surface area contributed by atoms with E-state index in [0.29, 0.717) is 12.6 Å². The molecular weight excluding hydrogens is 465 g/mol. The van der Waals surface area contributed by atoms with Gasteiger partial charge in [0.15, 0.2) is 5.96 Å². The summed E-state index contributed by atoms with van der Waals surface area (Å²) >= 11 is 0. The third-order valence-corrected chi connectivity index (χ3v) is 5.39. The number of aryl methyl sites for hydroxylation is 1. The topological polar surface area (TPSA) is 56.0 Å². The monoisotopic (exact) mass is 499 g/mol. The lowest BCUT2D eigenvalue weighted by Crippen LogP contribution is -2.52. The highest BCUT2D eigenvalue weighted by atomic mass is 127. The number of benzene rings is 1. The van der Waals surface area contributed by atoms with Crippen LogP contribution in [0.4, 0.5) is 0 Å². The van der Waals surface area contributed by atoms with Gasteiger partial charge < -0.3 is 20.0 Å². The van der Waals surface area contributed by atoms with Crippen molar-refractivity contribution in [3.63, 3.8) is 0 Å². The van der Waals surface area contributed by atoms with Crippen LogP contribution in [0.2, 0.25) is 0 Å². The van der Waals surface area contributed by atoms with Crippen LogP contribution in [-0.4, -0.2) is 68.1 Å². The molecule has 2 heterocycles. The first-order valence-electron chi connectivity index (χ1n) is 10.00. The largest absolute Gasteiger partial charge is 0.459 e. The molecule has 0 amide bonds. The Bertz CT molecular complexity index is 767. The zero-order chi connectivity index (χ0) is 19.2. The summed E-state index contributed by atoms with van der Waals surface area (Å²) in [6, 6.07) is 8.64. The fourth-order valence-corrected chi connectivity index (χ4v) is 3.50. The Hall–Kier alpha value is -1.32. The molecule has 0 radical (unpaired) electrons. The molecule has 1 atom stereocenters. The molecule has 0 bridgehead atoms. The Balaban J connectivity index is 0.00000280. The number of para-hydroxylation sites is 1. The fourth-order valence-electron chi connectivity index (χ4n) is 3.50. The highest BCUT2D eigenvalue weighted by Crippen LogP contribution is 2.25. The van der Waals surface area contributed by atoms with Gasteiger partial charge in [0, 0.05) is 56.3 Å². The van der Waals surface area contributed by atoms with Crippen LogP contribution in [0.1, 0.15) is 25.2 Å². The van der Waals surface area contributed by atoms with E-state index in [1.807, 2.05) is 18.2 Å². The van der Waals surface area contributed by atoms with Crippen molar-refractivity contribution >= 4 is 40.9 Å². The summed E-state index contributed by atoms with van der Waals surface area (Å²) in [5, 5.41) is 8.01. The van der Waals surface area contributed by atoms with Crippen LogP contribution < -0.4 is 10.6 Å². The molecule has 1 aliphatic rings. The molecule has 1 saturated heterocycles. The number of furan rings is 1.